The van der Waals surface area contributed by atoms with E-state index < -0.39 is 0 Å². The molecule has 1 heterocycles. The lowest BCUT2D eigenvalue weighted by Crippen LogP contribution is -2.22. The molecular weight excluding hydrogens is 346 g/mol. The van der Waals surface area contributed by atoms with Gasteiger partial charge in [0, 0.05) is 11.1 Å². The van der Waals surface area contributed by atoms with Crippen LogP contribution in [0.3, 0.4) is 0 Å². The number of carbonyl (C=O) groups excluding carboxylic acids is 1. The minimum Gasteiger partial charge on any atom is -0.497 e. The van der Waals surface area contributed by atoms with Gasteiger partial charge in [0.15, 0.2) is 0 Å². The number of amides is 1. The molecule has 7 nitrogen and oxygen atoms in total. The van der Waals surface area contributed by atoms with Gasteiger partial charge in [0.05, 0.1) is 13.7 Å². The predicted molar refractivity (Wildman–Crippen MR) is 98.2 cm³/mol. The van der Waals surface area contributed by atoms with E-state index in [2.05, 4.69) is 21.4 Å². The molecule has 2 aromatic carbocycles. The Hall–Kier alpha value is -3.79. The van der Waals surface area contributed by atoms with E-state index >= 15 is 0 Å². The van der Waals surface area contributed by atoms with E-state index in [1.54, 1.807) is 31.4 Å². The molecule has 0 saturated heterocycles. The van der Waals surface area contributed by atoms with Crippen LogP contribution in [0.15, 0.2) is 53.1 Å². The van der Waals surface area contributed by atoms with Crippen LogP contribution in [0.25, 0.3) is 11.4 Å². The normalized spacial score (nSPS) is 10.1. The lowest BCUT2D eigenvalue weighted by atomic mass is 10.2. The Morgan fingerprint density at radius 1 is 1.15 bits per heavy atom. The largest absolute Gasteiger partial charge is 0.497 e. The zero-order chi connectivity index (χ0) is 19.1. The van der Waals surface area contributed by atoms with Crippen LogP contribution in [0.2, 0.25) is 0 Å². The Labute approximate surface area is 156 Å². The summed E-state index contributed by atoms with van der Waals surface area (Å²) in [7, 11) is 1.60. The Bertz CT molecular complexity index is 941. The maximum absolute atomic E-state index is 12.2. The summed E-state index contributed by atoms with van der Waals surface area (Å²) >= 11 is 0. The Morgan fingerprint density at radius 3 is 2.52 bits per heavy atom. The molecule has 136 valence electrons. The molecule has 3 aromatic rings. The highest BCUT2D eigenvalue weighted by Crippen LogP contribution is 2.19. The summed E-state index contributed by atoms with van der Waals surface area (Å²) in [6.45, 7) is 0.302. The van der Waals surface area contributed by atoms with Gasteiger partial charge in [-0.1, -0.05) is 11.1 Å². The second-order valence-electron chi connectivity index (χ2n) is 5.44. The number of nitrogens with zero attached hydrogens (tertiary/aromatic N) is 2. The first-order chi connectivity index (χ1) is 13.2. The molecule has 7 heteroatoms. The molecule has 0 atom stereocenters. The average Bonchev–Trinajstić information content (AvgIpc) is 3.20. The molecule has 0 unspecified atom stereocenters. The van der Waals surface area contributed by atoms with Crippen molar-refractivity contribution in [2.75, 3.05) is 13.7 Å². The van der Waals surface area contributed by atoms with Gasteiger partial charge in [-0.15, -0.1) is 6.42 Å². The van der Waals surface area contributed by atoms with Crippen molar-refractivity contribution < 1.29 is 18.8 Å². The quantitative estimate of drug-likeness (QED) is 0.650. The highest BCUT2D eigenvalue weighted by molar-refractivity contribution is 5.94. The average molecular weight is 363 g/mol. The Kier molecular flexibility index (Phi) is 5.70. The lowest BCUT2D eigenvalue weighted by molar-refractivity contribution is 0.0946. The maximum atomic E-state index is 12.2. The Balaban J connectivity index is 1.57. The van der Waals surface area contributed by atoms with Gasteiger partial charge in [-0.3, -0.25) is 4.79 Å². The van der Waals surface area contributed by atoms with Gasteiger partial charge in [0.1, 0.15) is 18.1 Å². The topological polar surface area (TPSA) is 86.5 Å². The second kappa shape index (κ2) is 8.54. The molecule has 1 N–H and O–H groups in total. The SMILES string of the molecule is C#CCOc1ccc(C(=O)NCc2nc(-c3ccc(OC)cc3)no2)cc1. The van der Waals surface area contributed by atoms with Crippen molar-refractivity contribution in [2.24, 2.45) is 0 Å². The molecule has 0 fully saturated rings. The molecule has 3 rings (SSSR count). The monoisotopic (exact) mass is 363 g/mol. The van der Waals surface area contributed by atoms with Crippen molar-refractivity contribution in [3.8, 4) is 35.2 Å². The Morgan fingerprint density at radius 2 is 1.85 bits per heavy atom. The molecule has 0 radical (unpaired) electrons. The number of terminal acetylenes is 1. The van der Waals surface area contributed by atoms with Gasteiger partial charge in [0.25, 0.3) is 5.91 Å². The van der Waals surface area contributed by atoms with Crippen molar-refractivity contribution in [3.63, 3.8) is 0 Å². The van der Waals surface area contributed by atoms with Gasteiger partial charge >= 0.3 is 0 Å². The maximum Gasteiger partial charge on any atom is 0.251 e. The number of hydrogen-bond acceptors (Lipinski definition) is 6. The van der Waals surface area contributed by atoms with Crippen molar-refractivity contribution in [1.29, 1.82) is 0 Å². The summed E-state index contributed by atoms with van der Waals surface area (Å²) in [5.41, 5.74) is 1.28. The summed E-state index contributed by atoms with van der Waals surface area (Å²) in [6.07, 6.45) is 5.14. The molecule has 1 aromatic heterocycles. The number of hydrogen-bond donors (Lipinski definition) is 1. The van der Waals surface area contributed by atoms with Crippen LogP contribution in [-0.2, 0) is 6.54 Å². The predicted octanol–water partition coefficient (Wildman–Crippen LogP) is 2.69. The first-order valence-electron chi connectivity index (χ1n) is 8.11. The zero-order valence-corrected chi connectivity index (χ0v) is 14.6. The van der Waals surface area contributed by atoms with Crippen LogP contribution >= 0.6 is 0 Å². The van der Waals surface area contributed by atoms with Gasteiger partial charge in [-0.25, -0.2) is 0 Å². The molecule has 27 heavy (non-hydrogen) atoms. The molecular formula is C20H17N3O4. The zero-order valence-electron chi connectivity index (χ0n) is 14.6. The minimum absolute atomic E-state index is 0.122. The molecule has 0 aliphatic heterocycles. The fourth-order valence-electron chi connectivity index (χ4n) is 2.27. The summed E-state index contributed by atoms with van der Waals surface area (Å²) in [4.78, 5) is 16.5. The lowest BCUT2D eigenvalue weighted by Gasteiger charge is -2.05. The van der Waals surface area contributed by atoms with Crippen LogP contribution in [0.1, 0.15) is 16.2 Å². The van der Waals surface area contributed by atoms with Gasteiger partial charge in [0.2, 0.25) is 11.7 Å². The fraction of sp³-hybridized carbons (Fsp3) is 0.150. The molecule has 0 bridgehead atoms. The number of benzene rings is 2. The van der Waals surface area contributed by atoms with Crippen LogP contribution in [0.5, 0.6) is 11.5 Å². The number of aromatic nitrogens is 2. The standard InChI is InChI=1S/C20H17N3O4/c1-3-12-26-17-10-6-15(7-11-17)20(24)21-13-18-22-19(23-27-18)14-4-8-16(25-2)9-5-14/h1,4-11H,12-13H2,2H3,(H,21,24). The van der Waals surface area contributed by atoms with E-state index in [0.29, 0.717) is 23.0 Å². The van der Waals surface area contributed by atoms with Crippen LogP contribution < -0.4 is 14.8 Å². The summed E-state index contributed by atoms with van der Waals surface area (Å²) in [5.74, 6) is 4.21. The highest BCUT2D eigenvalue weighted by atomic mass is 16.5. The van der Waals surface area contributed by atoms with Crippen LogP contribution in [0, 0.1) is 12.3 Å². The van der Waals surface area contributed by atoms with Crippen LogP contribution in [-0.4, -0.2) is 29.8 Å². The number of nitrogens with one attached hydrogen (secondary N) is 1. The third-order valence-electron chi connectivity index (χ3n) is 3.66. The third-order valence-corrected chi connectivity index (χ3v) is 3.66. The molecule has 0 saturated carbocycles. The molecule has 0 aliphatic carbocycles. The van der Waals surface area contributed by atoms with Crippen molar-refractivity contribution in [1.82, 2.24) is 15.5 Å². The molecule has 0 spiro atoms. The van der Waals surface area contributed by atoms with Gasteiger partial charge in [-0.05, 0) is 48.5 Å². The number of carbonyl (C=O) groups is 1. The van der Waals surface area contributed by atoms with Crippen molar-refractivity contribution in [3.05, 3.63) is 60.0 Å². The third kappa shape index (κ3) is 4.64. The summed E-state index contributed by atoms with van der Waals surface area (Å²) < 4.78 is 15.6. The minimum atomic E-state index is -0.261. The van der Waals surface area contributed by atoms with Gasteiger partial charge < -0.3 is 19.3 Å². The molecule has 1 amide bonds. The van der Waals surface area contributed by atoms with E-state index in [9.17, 15) is 4.79 Å². The number of methoxy groups -OCH3 is 1. The first kappa shape index (κ1) is 18.0. The smallest absolute Gasteiger partial charge is 0.251 e. The summed E-state index contributed by atoms with van der Waals surface area (Å²) in [6, 6.07) is 13.9. The second-order valence-corrected chi connectivity index (χ2v) is 5.44. The molecule has 0 aliphatic rings. The van der Waals surface area contributed by atoms with E-state index in [-0.39, 0.29) is 19.1 Å². The number of rotatable bonds is 7. The van der Waals surface area contributed by atoms with E-state index in [4.69, 9.17) is 20.4 Å². The van der Waals surface area contributed by atoms with E-state index in [0.717, 1.165) is 11.3 Å². The van der Waals surface area contributed by atoms with Crippen molar-refractivity contribution in [2.45, 2.75) is 6.54 Å². The highest BCUT2D eigenvalue weighted by Gasteiger charge is 2.11. The summed E-state index contributed by atoms with van der Waals surface area (Å²) in [5, 5.41) is 6.65. The van der Waals surface area contributed by atoms with Crippen molar-refractivity contribution >= 4 is 5.91 Å². The number of ether oxygens (including phenoxy) is 2. The first-order valence-corrected chi connectivity index (χ1v) is 8.11. The van der Waals surface area contributed by atoms with E-state index in [1.807, 2.05) is 24.3 Å². The van der Waals surface area contributed by atoms with E-state index in [1.165, 1.54) is 0 Å². The van der Waals surface area contributed by atoms with Crippen LogP contribution in [0.4, 0.5) is 0 Å². The van der Waals surface area contributed by atoms with Gasteiger partial charge in [-0.2, -0.15) is 4.98 Å². The fourth-order valence-corrected chi connectivity index (χ4v) is 2.27.